The number of hydrogen-bond donors (Lipinski definition) is 0. The fourth-order valence-corrected chi connectivity index (χ4v) is 1.73. The molecular formula is C14H17N3O2. The molecule has 2 aromatic rings. The quantitative estimate of drug-likeness (QED) is 0.773. The van der Waals surface area contributed by atoms with Gasteiger partial charge in [-0.3, -0.25) is 4.79 Å². The normalized spacial score (nSPS) is 10.5. The van der Waals surface area contributed by atoms with Crippen LogP contribution in [-0.2, 0) is 13.7 Å². The van der Waals surface area contributed by atoms with Crippen molar-refractivity contribution in [1.82, 2.24) is 14.8 Å². The van der Waals surface area contributed by atoms with Crippen molar-refractivity contribution in [3.8, 4) is 5.75 Å². The Balaban J connectivity index is 2.16. The molecule has 1 heterocycles. The first kappa shape index (κ1) is 13.3. The zero-order valence-electron chi connectivity index (χ0n) is 11.4. The summed E-state index contributed by atoms with van der Waals surface area (Å²) in [5.74, 6) is 2.23. The lowest BCUT2D eigenvalue weighted by Crippen LogP contribution is -2.07. The van der Waals surface area contributed by atoms with Gasteiger partial charge < -0.3 is 9.30 Å². The molecule has 0 bridgehead atoms. The standard InChI is InChI=1S/C14H17N3O2/c1-4-12(18)11-7-5-6-8-13(11)19-9-14-16-15-10(2)17(14)3/h5-8H,4,9H2,1-3H3. The van der Waals surface area contributed by atoms with Crippen LogP contribution >= 0.6 is 0 Å². The van der Waals surface area contributed by atoms with Crippen LogP contribution in [0.5, 0.6) is 5.75 Å². The minimum Gasteiger partial charge on any atom is -0.485 e. The van der Waals surface area contributed by atoms with Crippen molar-refractivity contribution in [3.63, 3.8) is 0 Å². The molecule has 0 N–H and O–H groups in total. The Bertz CT molecular complexity index is 590. The third-order valence-corrected chi connectivity index (χ3v) is 3.05. The van der Waals surface area contributed by atoms with E-state index in [0.29, 0.717) is 24.3 Å². The highest BCUT2D eigenvalue weighted by Gasteiger charge is 2.11. The zero-order chi connectivity index (χ0) is 13.8. The number of aromatic nitrogens is 3. The fraction of sp³-hybridized carbons (Fsp3) is 0.357. The number of carbonyl (C=O) groups is 1. The van der Waals surface area contributed by atoms with E-state index in [1.807, 2.05) is 37.6 Å². The van der Waals surface area contributed by atoms with Crippen LogP contribution in [0.2, 0.25) is 0 Å². The molecule has 0 radical (unpaired) electrons. The van der Waals surface area contributed by atoms with Gasteiger partial charge in [-0.15, -0.1) is 10.2 Å². The third kappa shape index (κ3) is 2.81. The number of carbonyl (C=O) groups excluding carboxylic acids is 1. The van der Waals surface area contributed by atoms with E-state index in [1.165, 1.54) is 0 Å². The topological polar surface area (TPSA) is 57.0 Å². The Hall–Kier alpha value is -2.17. The summed E-state index contributed by atoms with van der Waals surface area (Å²) >= 11 is 0. The summed E-state index contributed by atoms with van der Waals surface area (Å²) in [5, 5.41) is 8.00. The lowest BCUT2D eigenvalue weighted by atomic mass is 10.1. The molecule has 0 saturated carbocycles. The van der Waals surface area contributed by atoms with Gasteiger partial charge in [0.05, 0.1) is 5.56 Å². The summed E-state index contributed by atoms with van der Waals surface area (Å²) in [7, 11) is 1.89. The number of rotatable bonds is 5. The summed E-state index contributed by atoms with van der Waals surface area (Å²) < 4.78 is 7.56. The van der Waals surface area contributed by atoms with Crippen LogP contribution < -0.4 is 4.74 Å². The molecular weight excluding hydrogens is 242 g/mol. The first-order valence-electron chi connectivity index (χ1n) is 6.23. The van der Waals surface area contributed by atoms with E-state index < -0.39 is 0 Å². The van der Waals surface area contributed by atoms with Crippen LogP contribution in [-0.4, -0.2) is 20.5 Å². The van der Waals surface area contributed by atoms with Gasteiger partial charge in [-0.1, -0.05) is 19.1 Å². The predicted molar refractivity (Wildman–Crippen MR) is 71.1 cm³/mol. The molecule has 19 heavy (non-hydrogen) atoms. The van der Waals surface area contributed by atoms with E-state index in [2.05, 4.69) is 10.2 Å². The Morgan fingerprint density at radius 1 is 1.32 bits per heavy atom. The maximum atomic E-state index is 11.8. The fourth-order valence-electron chi connectivity index (χ4n) is 1.73. The lowest BCUT2D eigenvalue weighted by Gasteiger charge is -2.09. The predicted octanol–water partition coefficient (Wildman–Crippen LogP) is 2.30. The maximum absolute atomic E-state index is 11.8. The molecule has 2 rings (SSSR count). The molecule has 0 aliphatic heterocycles. The largest absolute Gasteiger partial charge is 0.485 e. The van der Waals surface area contributed by atoms with E-state index in [9.17, 15) is 4.79 Å². The number of para-hydroxylation sites is 1. The zero-order valence-corrected chi connectivity index (χ0v) is 11.4. The molecule has 0 fully saturated rings. The molecule has 5 nitrogen and oxygen atoms in total. The Labute approximate surface area is 112 Å². The molecule has 0 unspecified atom stereocenters. The van der Waals surface area contributed by atoms with Crippen molar-refractivity contribution >= 4 is 5.78 Å². The van der Waals surface area contributed by atoms with Gasteiger partial charge in [0.1, 0.15) is 18.2 Å². The average Bonchev–Trinajstić information content (AvgIpc) is 2.76. The summed E-state index contributed by atoms with van der Waals surface area (Å²) in [6, 6.07) is 7.27. The number of ketones is 1. The Kier molecular flexibility index (Phi) is 3.94. The molecule has 100 valence electrons. The summed E-state index contributed by atoms with van der Waals surface area (Å²) in [4.78, 5) is 11.8. The second kappa shape index (κ2) is 5.65. The second-order valence-corrected chi connectivity index (χ2v) is 4.28. The van der Waals surface area contributed by atoms with Crippen molar-refractivity contribution in [2.75, 3.05) is 0 Å². The molecule has 0 amide bonds. The smallest absolute Gasteiger partial charge is 0.170 e. The van der Waals surface area contributed by atoms with Crippen LogP contribution in [0.25, 0.3) is 0 Å². The van der Waals surface area contributed by atoms with E-state index in [4.69, 9.17) is 4.74 Å². The van der Waals surface area contributed by atoms with Crippen molar-refractivity contribution < 1.29 is 9.53 Å². The highest BCUT2D eigenvalue weighted by Crippen LogP contribution is 2.20. The molecule has 5 heteroatoms. The third-order valence-electron chi connectivity index (χ3n) is 3.05. The van der Waals surface area contributed by atoms with Gasteiger partial charge in [-0.05, 0) is 19.1 Å². The average molecular weight is 259 g/mol. The summed E-state index contributed by atoms with van der Waals surface area (Å²) in [6.07, 6.45) is 0.462. The number of nitrogens with zero attached hydrogens (tertiary/aromatic N) is 3. The van der Waals surface area contributed by atoms with E-state index >= 15 is 0 Å². The Morgan fingerprint density at radius 2 is 2.05 bits per heavy atom. The monoisotopic (exact) mass is 259 g/mol. The molecule has 0 atom stereocenters. The highest BCUT2D eigenvalue weighted by molar-refractivity contribution is 5.98. The van der Waals surface area contributed by atoms with Gasteiger partial charge in [0.2, 0.25) is 0 Å². The second-order valence-electron chi connectivity index (χ2n) is 4.28. The van der Waals surface area contributed by atoms with Gasteiger partial charge >= 0.3 is 0 Å². The summed E-state index contributed by atoms with van der Waals surface area (Å²) in [5.41, 5.74) is 0.615. The van der Waals surface area contributed by atoms with Crippen molar-refractivity contribution in [2.45, 2.75) is 26.9 Å². The van der Waals surface area contributed by atoms with Crippen LogP contribution in [0.4, 0.5) is 0 Å². The highest BCUT2D eigenvalue weighted by atomic mass is 16.5. The van der Waals surface area contributed by atoms with E-state index in [1.54, 1.807) is 12.1 Å². The van der Waals surface area contributed by atoms with Crippen molar-refractivity contribution in [1.29, 1.82) is 0 Å². The lowest BCUT2D eigenvalue weighted by molar-refractivity contribution is 0.0983. The first-order chi connectivity index (χ1) is 9.13. The van der Waals surface area contributed by atoms with Crippen molar-refractivity contribution in [3.05, 3.63) is 41.5 Å². The van der Waals surface area contributed by atoms with Crippen molar-refractivity contribution in [2.24, 2.45) is 7.05 Å². The number of benzene rings is 1. The minimum atomic E-state index is 0.0738. The van der Waals surface area contributed by atoms with Gasteiger partial charge in [0.15, 0.2) is 11.6 Å². The number of ether oxygens (including phenoxy) is 1. The molecule has 1 aromatic carbocycles. The first-order valence-corrected chi connectivity index (χ1v) is 6.23. The van der Waals surface area contributed by atoms with Gasteiger partial charge in [-0.25, -0.2) is 0 Å². The van der Waals surface area contributed by atoms with Gasteiger partial charge in [0.25, 0.3) is 0 Å². The number of aryl methyl sites for hydroxylation is 1. The minimum absolute atomic E-state index is 0.0738. The van der Waals surface area contributed by atoms with Gasteiger partial charge in [-0.2, -0.15) is 0 Å². The summed E-state index contributed by atoms with van der Waals surface area (Å²) in [6.45, 7) is 4.02. The van der Waals surface area contributed by atoms with Crippen LogP contribution in [0.1, 0.15) is 35.4 Å². The SMILES string of the molecule is CCC(=O)c1ccccc1OCc1nnc(C)n1C. The molecule has 1 aromatic heterocycles. The molecule has 0 saturated heterocycles. The van der Waals surface area contributed by atoms with E-state index in [-0.39, 0.29) is 5.78 Å². The van der Waals surface area contributed by atoms with Crippen LogP contribution in [0.3, 0.4) is 0 Å². The maximum Gasteiger partial charge on any atom is 0.170 e. The van der Waals surface area contributed by atoms with Crippen LogP contribution in [0, 0.1) is 6.92 Å². The van der Waals surface area contributed by atoms with Crippen LogP contribution in [0.15, 0.2) is 24.3 Å². The number of hydrogen-bond acceptors (Lipinski definition) is 4. The molecule has 0 aliphatic rings. The van der Waals surface area contributed by atoms with E-state index in [0.717, 1.165) is 11.6 Å². The van der Waals surface area contributed by atoms with Gasteiger partial charge in [0, 0.05) is 13.5 Å². The molecule has 0 aliphatic carbocycles. The Morgan fingerprint density at radius 3 is 2.68 bits per heavy atom. The molecule has 0 spiro atoms. The number of Topliss-reactive ketones (excluding diaryl/α,β-unsaturated/α-hetero) is 1.